The molecule has 1 aromatic rings. The van der Waals surface area contributed by atoms with Gasteiger partial charge in [-0.25, -0.2) is 4.79 Å². The average Bonchev–Trinajstić information content (AvgIpc) is 2.35. The summed E-state index contributed by atoms with van der Waals surface area (Å²) < 4.78 is 4.67. The van der Waals surface area contributed by atoms with E-state index in [-0.39, 0.29) is 0 Å². The number of aryl methyl sites for hydroxylation is 1. The van der Waals surface area contributed by atoms with Crippen LogP contribution in [0.1, 0.15) is 34.0 Å². The molecule has 0 aromatic heterocycles. The van der Waals surface area contributed by atoms with E-state index in [4.69, 9.17) is 16.9 Å². The highest BCUT2D eigenvalue weighted by atomic mass is 35.5. The number of hydrogen-bond donors (Lipinski definition) is 0. The van der Waals surface area contributed by atoms with E-state index in [1.807, 2.05) is 19.1 Å². The predicted molar refractivity (Wildman–Crippen MR) is 61.4 cm³/mol. The van der Waals surface area contributed by atoms with Crippen LogP contribution in [0.5, 0.6) is 0 Å². The van der Waals surface area contributed by atoms with Crippen molar-refractivity contribution in [2.75, 3.05) is 7.11 Å². The zero-order chi connectivity index (χ0) is 12.1. The summed E-state index contributed by atoms with van der Waals surface area (Å²) in [5, 5.41) is 9.00. The van der Waals surface area contributed by atoms with Crippen LogP contribution in [0.15, 0.2) is 12.1 Å². The maximum absolute atomic E-state index is 11.6. The van der Waals surface area contributed by atoms with Crippen molar-refractivity contribution in [1.82, 2.24) is 0 Å². The molecule has 0 aliphatic heterocycles. The lowest BCUT2D eigenvalue weighted by molar-refractivity contribution is 0.0599. The largest absolute Gasteiger partial charge is 0.465 e. The molecule has 1 rings (SSSR count). The number of benzene rings is 1. The third kappa shape index (κ3) is 2.34. The highest BCUT2D eigenvalue weighted by Gasteiger charge is 2.17. The van der Waals surface area contributed by atoms with Crippen LogP contribution in [-0.4, -0.2) is 13.1 Å². The van der Waals surface area contributed by atoms with E-state index in [1.54, 1.807) is 6.07 Å². The number of carbonyl (C=O) groups is 1. The first-order valence-corrected chi connectivity index (χ1v) is 5.41. The Balaban J connectivity index is 3.45. The van der Waals surface area contributed by atoms with Gasteiger partial charge in [0.2, 0.25) is 0 Å². The fourth-order valence-corrected chi connectivity index (χ4v) is 1.71. The minimum Gasteiger partial charge on any atom is -0.465 e. The van der Waals surface area contributed by atoms with Gasteiger partial charge in [-0.3, -0.25) is 0 Å². The highest BCUT2D eigenvalue weighted by molar-refractivity contribution is 6.17. The van der Waals surface area contributed by atoms with Gasteiger partial charge in [0.25, 0.3) is 0 Å². The van der Waals surface area contributed by atoms with Gasteiger partial charge in [-0.15, -0.1) is 11.6 Å². The third-order valence-corrected chi connectivity index (χ3v) is 2.63. The number of halogens is 1. The number of methoxy groups -OCH3 is 1. The zero-order valence-electron chi connectivity index (χ0n) is 9.21. The van der Waals surface area contributed by atoms with E-state index < -0.39 is 5.97 Å². The molecule has 0 fully saturated rings. The van der Waals surface area contributed by atoms with Crippen LogP contribution in [0.25, 0.3) is 0 Å². The number of carbonyl (C=O) groups excluding carboxylic acids is 1. The summed E-state index contributed by atoms with van der Waals surface area (Å²) in [6, 6.07) is 5.46. The lowest BCUT2D eigenvalue weighted by Crippen LogP contribution is -2.09. The van der Waals surface area contributed by atoms with Gasteiger partial charge in [-0.05, 0) is 23.6 Å². The Hall–Kier alpha value is -1.53. The van der Waals surface area contributed by atoms with Crippen molar-refractivity contribution < 1.29 is 9.53 Å². The quantitative estimate of drug-likeness (QED) is 0.600. The summed E-state index contributed by atoms with van der Waals surface area (Å²) in [5.74, 6) is -0.155. The Morgan fingerprint density at radius 2 is 2.25 bits per heavy atom. The molecule has 0 radical (unpaired) electrons. The second kappa shape index (κ2) is 5.53. The Kier molecular flexibility index (Phi) is 4.33. The lowest BCUT2D eigenvalue weighted by Gasteiger charge is -2.09. The molecule has 0 aliphatic rings. The van der Waals surface area contributed by atoms with E-state index in [1.165, 1.54) is 7.11 Å². The summed E-state index contributed by atoms with van der Waals surface area (Å²) in [7, 11) is 1.30. The first-order chi connectivity index (χ1) is 7.67. The molecule has 0 atom stereocenters. The maximum Gasteiger partial charge on any atom is 0.339 e. The zero-order valence-corrected chi connectivity index (χ0v) is 9.97. The normalized spacial score (nSPS) is 9.62. The van der Waals surface area contributed by atoms with Gasteiger partial charge in [0.05, 0.1) is 18.2 Å². The van der Waals surface area contributed by atoms with Crippen LogP contribution in [0.4, 0.5) is 0 Å². The fourth-order valence-electron chi connectivity index (χ4n) is 1.56. The summed E-state index contributed by atoms with van der Waals surface area (Å²) in [4.78, 5) is 11.6. The molecule has 1 aromatic carbocycles. The Labute approximate surface area is 99.6 Å². The number of nitrogens with zero attached hydrogens (tertiary/aromatic N) is 1. The number of alkyl halides is 1. The molecule has 0 spiro atoms. The van der Waals surface area contributed by atoms with Gasteiger partial charge in [0.1, 0.15) is 6.07 Å². The van der Waals surface area contributed by atoms with Gasteiger partial charge in [-0.2, -0.15) is 5.26 Å². The van der Waals surface area contributed by atoms with Crippen LogP contribution in [0.2, 0.25) is 0 Å². The van der Waals surface area contributed by atoms with Gasteiger partial charge in [-0.1, -0.05) is 13.0 Å². The summed E-state index contributed by atoms with van der Waals surface area (Å²) >= 11 is 5.73. The van der Waals surface area contributed by atoms with E-state index in [9.17, 15) is 4.79 Å². The molecule has 0 saturated heterocycles. The molecular weight excluding hydrogens is 226 g/mol. The van der Waals surface area contributed by atoms with Crippen LogP contribution >= 0.6 is 11.6 Å². The number of hydrogen-bond acceptors (Lipinski definition) is 3. The highest BCUT2D eigenvalue weighted by Crippen LogP contribution is 2.20. The van der Waals surface area contributed by atoms with Crippen LogP contribution in [-0.2, 0) is 17.0 Å². The molecule has 3 nitrogen and oxygen atoms in total. The smallest absolute Gasteiger partial charge is 0.339 e. The maximum atomic E-state index is 11.6. The van der Waals surface area contributed by atoms with Crippen molar-refractivity contribution in [3.63, 3.8) is 0 Å². The van der Waals surface area contributed by atoms with Crippen LogP contribution in [0.3, 0.4) is 0 Å². The Bertz CT molecular complexity index is 449. The van der Waals surface area contributed by atoms with Crippen molar-refractivity contribution in [2.45, 2.75) is 19.2 Å². The van der Waals surface area contributed by atoms with E-state index >= 15 is 0 Å². The molecule has 0 aliphatic carbocycles. The number of rotatable bonds is 3. The SMILES string of the molecule is CCc1cc(CCl)cc(C#N)c1C(=O)OC. The summed E-state index contributed by atoms with van der Waals surface area (Å²) in [6.45, 7) is 1.92. The van der Waals surface area contributed by atoms with E-state index in [0.717, 1.165) is 11.1 Å². The molecule has 84 valence electrons. The van der Waals surface area contributed by atoms with E-state index in [2.05, 4.69) is 4.74 Å². The van der Waals surface area contributed by atoms with Gasteiger partial charge in [0.15, 0.2) is 0 Å². The van der Waals surface area contributed by atoms with Gasteiger partial charge >= 0.3 is 5.97 Å². The van der Waals surface area contributed by atoms with E-state index in [0.29, 0.717) is 23.4 Å². The minimum atomic E-state index is -0.477. The monoisotopic (exact) mass is 237 g/mol. The summed E-state index contributed by atoms with van der Waals surface area (Å²) in [6.07, 6.45) is 0.657. The number of nitriles is 1. The first-order valence-electron chi connectivity index (χ1n) is 4.88. The van der Waals surface area contributed by atoms with Crippen LogP contribution in [0, 0.1) is 11.3 Å². The van der Waals surface area contributed by atoms with Crippen molar-refractivity contribution in [2.24, 2.45) is 0 Å². The Morgan fingerprint density at radius 3 is 2.69 bits per heavy atom. The molecule has 0 bridgehead atoms. The second-order valence-corrected chi connectivity index (χ2v) is 3.54. The molecule has 16 heavy (non-hydrogen) atoms. The lowest BCUT2D eigenvalue weighted by atomic mass is 9.97. The molecular formula is C12H12ClNO2. The van der Waals surface area contributed by atoms with Crippen molar-refractivity contribution in [3.8, 4) is 6.07 Å². The molecule has 0 N–H and O–H groups in total. The molecule has 4 heteroatoms. The molecule has 0 unspecified atom stereocenters. The second-order valence-electron chi connectivity index (χ2n) is 3.27. The first kappa shape index (κ1) is 12.5. The number of esters is 1. The standard InChI is InChI=1S/C12H12ClNO2/c1-3-9-4-8(6-13)5-10(7-14)11(9)12(15)16-2/h4-5H,3,6H2,1-2H3. The minimum absolute atomic E-state index is 0.321. The van der Waals surface area contributed by atoms with Crippen LogP contribution < -0.4 is 0 Å². The molecule has 0 heterocycles. The summed E-state index contributed by atoms with van der Waals surface area (Å²) in [5.41, 5.74) is 2.30. The van der Waals surface area contributed by atoms with Gasteiger partial charge in [0, 0.05) is 5.88 Å². The van der Waals surface area contributed by atoms with Crippen molar-refractivity contribution in [3.05, 3.63) is 34.4 Å². The predicted octanol–water partition coefficient (Wildman–Crippen LogP) is 2.65. The van der Waals surface area contributed by atoms with Crippen molar-refractivity contribution >= 4 is 17.6 Å². The van der Waals surface area contributed by atoms with Crippen molar-refractivity contribution in [1.29, 1.82) is 5.26 Å². The third-order valence-electron chi connectivity index (χ3n) is 2.32. The average molecular weight is 238 g/mol. The Morgan fingerprint density at radius 1 is 1.56 bits per heavy atom. The molecule has 0 amide bonds. The topological polar surface area (TPSA) is 50.1 Å². The fraction of sp³-hybridized carbons (Fsp3) is 0.333. The van der Waals surface area contributed by atoms with Gasteiger partial charge < -0.3 is 4.74 Å². The molecule has 0 saturated carbocycles. The number of ether oxygens (including phenoxy) is 1.